The molecule has 0 atom stereocenters. The van der Waals surface area contributed by atoms with E-state index >= 15 is 0 Å². The van der Waals surface area contributed by atoms with Crippen molar-refractivity contribution in [1.82, 2.24) is 0 Å². The second-order valence-corrected chi connectivity index (χ2v) is 5.37. The smallest absolute Gasteiger partial charge is 0.255 e. The summed E-state index contributed by atoms with van der Waals surface area (Å²) in [6.45, 7) is 4.38. The summed E-state index contributed by atoms with van der Waals surface area (Å²) < 4.78 is 0. The highest BCUT2D eigenvalue weighted by Gasteiger charge is 2.06. The SMILES string of the molecule is CC(C)Cc1ccc(NC(=O)c2cccc(N)c2)cc1. The number of nitrogen functional groups attached to an aromatic ring is 1. The van der Waals surface area contributed by atoms with Gasteiger partial charge in [0.2, 0.25) is 0 Å². The Bertz CT molecular complexity index is 588. The summed E-state index contributed by atoms with van der Waals surface area (Å²) in [7, 11) is 0. The minimum absolute atomic E-state index is 0.145. The fourth-order valence-electron chi connectivity index (χ4n) is 2.08. The highest BCUT2D eigenvalue weighted by Crippen LogP contribution is 2.15. The lowest BCUT2D eigenvalue weighted by atomic mass is 10.0. The number of hydrogen-bond donors (Lipinski definition) is 2. The summed E-state index contributed by atoms with van der Waals surface area (Å²) in [5, 5.41) is 2.87. The molecular formula is C17H20N2O. The van der Waals surface area contributed by atoms with Gasteiger partial charge in [-0.1, -0.05) is 32.0 Å². The van der Waals surface area contributed by atoms with Crippen LogP contribution >= 0.6 is 0 Å². The van der Waals surface area contributed by atoms with E-state index in [1.807, 2.05) is 12.1 Å². The predicted molar refractivity (Wildman–Crippen MR) is 83.8 cm³/mol. The third-order valence-corrected chi connectivity index (χ3v) is 3.00. The van der Waals surface area contributed by atoms with E-state index < -0.39 is 0 Å². The maximum atomic E-state index is 12.1. The van der Waals surface area contributed by atoms with Crippen molar-refractivity contribution in [3.63, 3.8) is 0 Å². The lowest BCUT2D eigenvalue weighted by Gasteiger charge is -2.08. The van der Waals surface area contributed by atoms with E-state index in [1.165, 1.54) is 5.56 Å². The Morgan fingerprint density at radius 1 is 1.15 bits per heavy atom. The zero-order valence-electron chi connectivity index (χ0n) is 11.9. The number of carbonyl (C=O) groups is 1. The van der Waals surface area contributed by atoms with Crippen LogP contribution in [0, 0.1) is 5.92 Å². The molecule has 0 spiro atoms. The number of benzene rings is 2. The first-order chi connectivity index (χ1) is 9.54. The molecule has 0 aliphatic rings. The number of amides is 1. The van der Waals surface area contributed by atoms with Crippen molar-refractivity contribution >= 4 is 17.3 Å². The van der Waals surface area contributed by atoms with E-state index in [0.29, 0.717) is 17.2 Å². The lowest BCUT2D eigenvalue weighted by Crippen LogP contribution is -2.12. The fourth-order valence-corrected chi connectivity index (χ4v) is 2.08. The number of rotatable bonds is 4. The van der Waals surface area contributed by atoms with Crippen molar-refractivity contribution in [2.45, 2.75) is 20.3 Å². The zero-order chi connectivity index (χ0) is 14.5. The monoisotopic (exact) mass is 268 g/mol. The molecule has 104 valence electrons. The van der Waals surface area contributed by atoms with Gasteiger partial charge in [-0.25, -0.2) is 0 Å². The van der Waals surface area contributed by atoms with Gasteiger partial charge >= 0.3 is 0 Å². The quantitative estimate of drug-likeness (QED) is 0.830. The minimum atomic E-state index is -0.145. The van der Waals surface area contributed by atoms with Crippen molar-refractivity contribution in [1.29, 1.82) is 0 Å². The Balaban J connectivity index is 2.04. The Kier molecular flexibility index (Phi) is 4.41. The van der Waals surface area contributed by atoms with Crippen LogP contribution in [0.3, 0.4) is 0 Å². The van der Waals surface area contributed by atoms with Crippen molar-refractivity contribution in [3.05, 3.63) is 59.7 Å². The van der Waals surface area contributed by atoms with Crippen LogP contribution in [-0.4, -0.2) is 5.91 Å². The number of carbonyl (C=O) groups excluding carboxylic acids is 1. The third kappa shape index (κ3) is 3.85. The zero-order valence-corrected chi connectivity index (χ0v) is 11.9. The largest absolute Gasteiger partial charge is 0.399 e. The molecule has 2 rings (SSSR count). The Hall–Kier alpha value is -2.29. The minimum Gasteiger partial charge on any atom is -0.399 e. The standard InChI is InChI=1S/C17H20N2O/c1-12(2)10-13-6-8-16(9-7-13)19-17(20)14-4-3-5-15(18)11-14/h3-9,11-12H,10,18H2,1-2H3,(H,19,20). The van der Waals surface area contributed by atoms with Gasteiger partial charge in [0.05, 0.1) is 0 Å². The molecule has 1 amide bonds. The van der Waals surface area contributed by atoms with Crippen LogP contribution in [0.2, 0.25) is 0 Å². The molecule has 0 heterocycles. The van der Waals surface area contributed by atoms with Crippen LogP contribution in [0.1, 0.15) is 29.8 Å². The molecule has 3 N–H and O–H groups in total. The molecule has 0 radical (unpaired) electrons. The molecule has 0 aliphatic carbocycles. The van der Waals surface area contributed by atoms with Gasteiger partial charge in [0.25, 0.3) is 5.91 Å². The molecule has 0 fully saturated rings. The molecule has 2 aromatic rings. The summed E-state index contributed by atoms with van der Waals surface area (Å²) >= 11 is 0. The number of anilines is 2. The molecule has 2 aromatic carbocycles. The van der Waals surface area contributed by atoms with E-state index in [0.717, 1.165) is 12.1 Å². The van der Waals surface area contributed by atoms with E-state index in [1.54, 1.807) is 24.3 Å². The maximum Gasteiger partial charge on any atom is 0.255 e. The Labute approximate surface area is 119 Å². The van der Waals surface area contributed by atoms with Crippen molar-refractivity contribution in [3.8, 4) is 0 Å². The Morgan fingerprint density at radius 3 is 2.45 bits per heavy atom. The van der Waals surface area contributed by atoms with Crippen molar-refractivity contribution < 1.29 is 4.79 Å². The fraction of sp³-hybridized carbons (Fsp3) is 0.235. The van der Waals surface area contributed by atoms with Crippen LogP contribution in [0.5, 0.6) is 0 Å². The van der Waals surface area contributed by atoms with Crippen LogP contribution in [0.4, 0.5) is 11.4 Å². The van der Waals surface area contributed by atoms with Gasteiger partial charge in [-0.2, -0.15) is 0 Å². The highest BCUT2D eigenvalue weighted by molar-refractivity contribution is 6.04. The summed E-state index contributed by atoms with van der Waals surface area (Å²) in [6, 6.07) is 14.9. The molecule has 0 aromatic heterocycles. The van der Waals surface area contributed by atoms with Gasteiger partial charge in [-0.15, -0.1) is 0 Å². The normalized spacial score (nSPS) is 10.6. The first-order valence-electron chi connectivity index (χ1n) is 6.80. The molecule has 3 heteroatoms. The topological polar surface area (TPSA) is 55.1 Å². The predicted octanol–water partition coefficient (Wildman–Crippen LogP) is 3.72. The molecule has 0 saturated heterocycles. The second-order valence-electron chi connectivity index (χ2n) is 5.37. The lowest BCUT2D eigenvalue weighted by molar-refractivity contribution is 0.102. The number of nitrogens with two attached hydrogens (primary N) is 1. The van der Waals surface area contributed by atoms with Gasteiger partial charge in [-0.05, 0) is 48.2 Å². The summed E-state index contributed by atoms with van der Waals surface area (Å²) in [6.07, 6.45) is 1.05. The maximum absolute atomic E-state index is 12.1. The molecule has 0 saturated carbocycles. The molecular weight excluding hydrogens is 248 g/mol. The van der Waals surface area contributed by atoms with Gasteiger partial charge in [0.1, 0.15) is 0 Å². The molecule has 3 nitrogen and oxygen atoms in total. The first-order valence-corrected chi connectivity index (χ1v) is 6.80. The Morgan fingerprint density at radius 2 is 1.85 bits per heavy atom. The van der Waals surface area contributed by atoms with Gasteiger partial charge < -0.3 is 11.1 Å². The van der Waals surface area contributed by atoms with Crippen molar-refractivity contribution in [2.24, 2.45) is 5.92 Å². The molecule has 0 aliphatic heterocycles. The average molecular weight is 268 g/mol. The summed E-state index contributed by atoms with van der Waals surface area (Å²) in [5.74, 6) is 0.483. The van der Waals surface area contributed by atoms with E-state index in [-0.39, 0.29) is 5.91 Å². The number of hydrogen-bond acceptors (Lipinski definition) is 2. The summed E-state index contributed by atoms with van der Waals surface area (Å²) in [5.41, 5.74) is 8.91. The van der Waals surface area contributed by atoms with Crippen LogP contribution < -0.4 is 11.1 Å². The van der Waals surface area contributed by atoms with Gasteiger partial charge in [0, 0.05) is 16.9 Å². The van der Waals surface area contributed by atoms with E-state index in [2.05, 4.69) is 31.3 Å². The van der Waals surface area contributed by atoms with Crippen LogP contribution in [0.15, 0.2) is 48.5 Å². The molecule has 0 bridgehead atoms. The van der Waals surface area contributed by atoms with E-state index in [9.17, 15) is 4.79 Å². The van der Waals surface area contributed by atoms with Crippen LogP contribution in [0.25, 0.3) is 0 Å². The number of nitrogens with one attached hydrogen (secondary N) is 1. The first kappa shape index (κ1) is 14.1. The third-order valence-electron chi connectivity index (χ3n) is 3.00. The van der Waals surface area contributed by atoms with Crippen LogP contribution in [-0.2, 0) is 6.42 Å². The van der Waals surface area contributed by atoms with Crippen molar-refractivity contribution in [2.75, 3.05) is 11.1 Å². The average Bonchev–Trinajstić information content (AvgIpc) is 2.40. The molecule has 20 heavy (non-hydrogen) atoms. The highest BCUT2D eigenvalue weighted by atomic mass is 16.1. The van der Waals surface area contributed by atoms with E-state index in [4.69, 9.17) is 5.73 Å². The molecule has 0 unspecified atom stereocenters. The van der Waals surface area contributed by atoms with Gasteiger partial charge in [-0.3, -0.25) is 4.79 Å². The second kappa shape index (κ2) is 6.24. The van der Waals surface area contributed by atoms with Gasteiger partial charge in [0.15, 0.2) is 0 Å². The summed E-state index contributed by atoms with van der Waals surface area (Å²) in [4.78, 5) is 12.1.